The van der Waals surface area contributed by atoms with Gasteiger partial charge in [-0.2, -0.15) is 0 Å². The van der Waals surface area contributed by atoms with Crippen LogP contribution in [0.1, 0.15) is 38.1 Å². The number of non-ortho nitro benzene ring substituents is 1. The molecule has 2 heterocycles. The van der Waals surface area contributed by atoms with E-state index in [9.17, 15) is 29.6 Å². The van der Waals surface area contributed by atoms with Gasteiger partial charge in [0, 0.05) is 17.7 Å². The number of anilines is 1. The lowest BCUT2D eigenvalue weighted by Gasteiger charge is -2.23. The van der Waals surface area contributed by atoms with E-state index in [0.717, 1.165) is 16.2 Å². The fourth-order valence-corrected chi connectivity index (χ4v) is 5.08. The van der Waals surface area contributed by atoms with Crippen LogP contribution in [-0.4, -0.2) is 46.9 Å². The Morgan fingerprint density at radius 3 is 2.38 bits per heavy atom. The van der Waals surface area contributed by atoms with Crippen LogP contribution < -0.4 is 9.64 Å². The van der Waals surface area contributed by atoms with Crippen molar-refractivity contribution in [3.8, 4) is 5.75 Å². The molecular weight excluding hydrogens is 502 g/mol. The van der Waals surface area contributed by atoms with Gasteiger partial charge in [0.15, 0.2) is 5.13 Å². The van der Waals surface area contributed by atoms with Crippen LogP contribution in [-0.2, 0) is 14.3 Å². The molecule has 0 saturated carbocycles. The highest BCUT2D eigenvalue weighted by atomic mass is 32.1. The fraction of sp³-hybridized carbons (Fsp3) is 0.200. The van der Waals surface area contributed by atoms with Crippen LogP contribution in [0.4, 0.5) is 10.8 Å². The summed E-state index contributed by atoms with van der Waals surface area (Å²) in [6, 6.07) is 8.88. The van der Waals surface area contributed by atoms with Crippen LogP contribution in [0, 0.1) is 24.0 Å². The molecule has 1 N–H and O–H groups in total. The second-order valence-corrected chi connectivity index (χ2v) is 9.08. The van der Waals surface area contributed by atoms with Crippen LogP contribution >= 0.6 is 11.3 Å². The van der Waals surface area contributed by atoms with Crippen molar-refractivity contribution in [2.75, 3.05) is 19.1 Å². The number of ketones is 1. The van der Waals surface area contributed by atoms with Gasteiger partial charge >= 0.3 is 11.9 Å². The number of nitro groups is 1. The summed E-state index contributed by atoms with van der Waals surface area (Å²) < 4.78 is 10.0. The molecule has 1 amide bonds. The molecule has 4 rings (SSSR count). The lowest BCUT2D eigenvalue weighted by atomic mass is 9.94. The lowest BCUT2D eigenvalue weighted by Crippen LogP contribution is -2.29. The number of aromatic nitrogens is 1. The Bertz CT molecular complexity index is 1480. The minimum atomic E-state index is -1.17. The number of carbonyl (C=O) groups is 3. The van der Waals surface area contributed by atoms with Gasteiger partial charge in [0.1, 0.15) is 16.4 Å². The van der Waals surface area contributed by atoms with E-state index in [1.807, 2.05) is 0 Å². The molecule has 0 spiro atoms. The Hall–Kier alpha value is -4.58. The quantitative estimate of drug-likeness (QED) is 0.126. The third-order valence-electron chi connectivity index (χ3n) is 5.89. The first kappa shape index (κ1) is 25.5. The Labute approximate surface area is 214 Å². The number of nitrogens with zero attached hydrogens (tertiary/aromatic N) is 3. The molecular formula is C25H21N3O8S. The van der Waals surface area contributed by atoms with E-state index in [2.05, 4.69) is 4.98 Å². The average molecular weight is 524 g/mol. The third-order valence-corrected chi connectivity index (χ3v) is 7.03. The molecule has 12 heteroatoms. The predicted molar refractivity (Wildman–Crippen MR) is 134 cm³/mol. The Morgan fingerprint density at radius 1 is 1.14 bits per heavy atom. The summed E-state index contributed by atoms with van der Waals surface area (Å²) in [6.07, 6.45) is 0. The molecule has 0 aliphatic carbocycles. The van der Waals surface area contributed by atoms with Crippen LogP contribution in [0.15, 0.2) is 48.0 Å². The van der Waals surface area contributed by atoms with Crippen molar-refractivity contribution in [2.45, 2.75) is 19.9 Å². The van der Waals surface area contributed by atoms with Crippen molar-refractivity contribution in [2.24, 2.45) is 0 Å². The highest BCUT2D eigenvalue weighted by Gasteiger charge is 2.48. The normalized spacial score (nSPS) is 16.6. The number of ether oxygens (including phenoxy) is 2. The van der Waals surface area contributed by atoms with E-state index in [4.69, 9.17) is 9.47 Å². The number of Topliss-reactive ketones (excluding diaryl/α,β-unsaturated/α-hetero) is 1. The van der Waals surface area contributed by atoms with Gasteiger partial charge in [-0.15, -0.1) is 0 Å². The minimum Gasteiger partial charge on any atom is -0.507 e. The van der Waals surface area contributed by atoms with Crippen molar-refractivity contribution in [1.82, 2.24) is 4.98 Å². The van der Waals surface area contributed by atoms with E-state index in [-0.39, 0.29) is 26.8 Å². The molecule has 1 unspecified atom stereocenters. The van der Waals surface area contributed by atoms with Crippen LogP contribution in [0.2, 0.25) is 0 Å². The summed E-state index contributed by atoms with van der Waals surface area (Å²) >= 11 is 0.857. The number of hydrogen-bond donors (Lipinski definition) is 1. The number of esters is 1. The predicted octanol–water partition coefficient (Wildman–Crippen LogP) is 4.09. The van der Waals surface area contributed by atoms with Crippen molar-refractivity contribution >= 4 is 45.6 Å². The maximum absolute atomic E-state index is 13.3. The van der Waals surface area contributed by atoms with E-state index in [0.29, 0.717) is 22.6 Å². The Morgan fingerprint density at radius 2 is 1.81 bits per heavy atom. The van der Waals surface area contributed by atoms with Crippen molar-refractivity contribution < 1.29 is 33.9 Å². The minimum absolute atomic E-state index is 0.0355. The van der Waals surface area contributed by atoms with Crippen molar-refractivity contribution in [3.05, 3.63) is 85.4 Å². The summed E-state index contributed by atoms with van der Waals surface area (Å²) in [4.78, 5) is 54.9. The first-order chi connectivity index (χ1) is 17.6. The maximum atomic E-state index is 13.3. The lowest BCUT2D eigenvalue weighted by molar-refractivity contribution is -0.384. The van der Waals surface area contributed by atoms with Crippen LogP contribution in [0.3, 0.4) is 0 Å². The first-order valence-electron chi connectivity index (χ1n) is 10.8. The maximum Gasteiger partial charge on any atom is 0.350 e. The fourth-order valence-electron chi connectivity index (χ4n) is 4.07. The second-order valence-electron chi connectivity index (χ2n) is 8.10. The summed E-state index contributed by atoms with van der Waals surface area (Å²) in [7, 11) is 2.71. The number of aliphatic hydroxyl groups is 1. The summed E-state index contributed by atoms with van der Waals surface area (Å²) in [6.45, 7) is 3.32. The molecule has 1 aliphatic heterocycles. The Balaban J connectivity index is 1.94. The van der Waals surface area contributed by atoms with Gasteiger partial charge in [0.2, 0.25) is 0 Å². The molecule has 0 radical (unpaired) electrons. The number of methoxy groups -OCH3 is 2. The summed E-state index contributed by atoms with van der Waals surface area (Å²) in [5.74, 6) is -2.46. The van der Waals surface area contributed by atoms with E-state index >= 15 is 0 Å². The topological polar surface area (TPSA) is 149 Å². The number of thiazole rings is 1. The first-order valence-corrected chi connectivity index (χ1v) is 11.7. The van der Waals surface area contributed by atoms with Crippen LogP contribution in [0.25, 0.3) is 5.76 Å². The summed E-state index contributed by atoms with van der Waals surface area (Å²) in [5, 5.41) is 22.5. The molecule has 190 valence electrons. The number of hydrogen-bond acceptors (Lipinski definition) is 10. The smallest absolute Gasteiger partial charge is 0.350 e. The monoisotopic (exact) mass is 523 g/mol. The van der Waals surface area contributed by atoms with Gasteiger partial charge in [-0.1, -0.05) is 11.3 Å². The van der Waals surface area contributed by atoms with Gasteiger partial charge in [0.05, 0.1) is 36.5 Å². The van der Waals surface area contributed by atoms with Gasteiger partial charge in [-0.05, 0) is 55.3 Å². The molecule has 2 aromatic carbocycles. The van der Waals surface area contributed by atoms with Gasteiger partial charge < -0.3 is 14.6 Å². The SMILES string of the molecule is COC(=O)c1sc(N2C(=O)C(=O)C(=C(O)c3ccc(OC)c(C)c3)C2c2ccc([N+](=O)[O-])cc2)nc1C. The number of amides is 1. The molecule has 1 aliphatic rings. The van der Waals surface area contributed by atoms with Gasteiger partial charge in [-0.25, -0.2) is 9.78 Å². The number of carbonyl (C=O) groups excluding carboxylic acids is 3. The van der Waals surface area contributed by atoms with Gasteiger partial charge in [-0.3, -0.25) is 24.6 Å². The third kappa shape index (κ3) is 4.42. The number of aryl methyl sites for hydroxylation is 2. The van der Waals surface area contributed by atoms with Gasteiger partial charge in [0.25, 0.3) is 11.5 Å². The summed E-state index contributed by atoms with van der Waals surface area (Å²) in [5.41, 5.74) is 1.16. The highest BCUT2D eigenvalue weighted by molar-refractivity contribution is 7.17. The molecule has 1 atom stereocenters. The molecule has 37 heavy (non-hydrogen) atoms. The number of benzene rings is 2. The Kier molecular flexibility index (Phi) is 6.77. The molecule has 1 fully saturated rings. The number of rotatable bonds is 6. The van der Waals surface area contributed by atoms with Crippen LogP contribution in [0.5, 0.6) is 5.75 Å². The van der Waals surface area contributed by atoms with E-state index in [1.54, 1.807) is 32.0 Å². The molecule has 1 aromatic heterocycles. The van der Waals surface area contributed by atoms with Crippen molar-refractivity contribution in [3.63, 3.8) is 0 Å². The number of aliphatic hydroxyl groups excluding tert-OH is 1. The molecule has 1 saturated heterocycles. The standard InChI is InChI=1S/C25H21N3O8S/c1-12-11-15(7-10-17(12)35-3)20(29)18-19(14-5-8-16(9-6-14)28(33)34)27(23(31)21(18)30)25-26-13(2)22(37-25)24(32)36-4/h5-11,19,29H,1-4H3. The highest BCUT2D eigenvalue weighted by Crippen LogP contribution is 2.44. The zero-order chi connectivity index (χ0) is 27.0. The number of nitro benzene ring substituents is 1. The largest absolute Gasteiger partial charge is 0.507 e. The zero-order valence-corrected chi connectivity index (χ0v) is 21.0. The zero-order valence-electron chi connectivity index (χ0n) is 20.2. The molecule has 3 aromatic rings. The molecule has 11 nitrogen and oxygen atoms in total. The molecule has 0 bridgehead atoms. The van der Waals surface area contributed by atoms with E-state index < -0.39 is 34.4 Å². The van der Waals surface area contributed by atoms with Crippen molar-refractivity contribution in [1.29, 1.82) is 0 Å². The average Bonchev–Trinajstić information content (AvgIpc) is 3.39. The second kappa shape index (κ2) is 9.82. The van der Waals surface area contributed by atoms with E-state index in [1.165, 1.54) is 38.5 Å².